The molecule has 4 heteroatoms. The summed E-state index contributed by atoms with van der Waals surface area (Å²) >= 11 is 3.46. The van der Waals surface area contributed by atoms with Crippen LogP contribution < -0.4 is 5.32 Å². The van der Waals surface area contributed by atoms with Crippen LogP contribution in [0.2, 0.25) is 0 Å². The number of nitrogens with zero attached hydrogens (tertiary/aromatic N) is 2. The topological polar surface area (TPSA) is 29.3 Å². The molecule has 3 nitrogen and oxygen atoms in total. The Bertz CT molecular complexity index is 488. The van der Waals surface area contributed by atoms with Gasteiger partial charge in [0.2, 0.25) is 0 Å². The van der Waals surface area contributed by atoms with E-state index in [1.165, 1.54) is 5.69 Å². The molecule has 2 aromatic heterocycles. The summed E-state index contributed by atoms with van der Waals surface area (Å²) in [6.07, 6.45) is 5.26. The first-order chi connectivity index (χ1) is 7.31. The number of imidazole rings is 1. The Morgan fingerprint density at radius 3 is 3.00 bits per heavy atom. The van der Waals surface area contributed by atoms with Crippen LogP contribution in [0.3, 0.4) is 0 Å². The van der Waals surface area contributed by atoms with Crippen LogP contribution in [0.1, 0.15) is 5.69 Å². The number of fused-ring (bicyclic) bond motifs is 1. The van der Waals surface area contributed by atoms with Crippen LogP contribution >= 0.6 is 15.9 Å². The van der Waals surface area contributed by atoms with Gasteiger partial charge in [0.15, 0.2) is 0 Å². The normalized spacial score (nSPS) is 16.9. The van der Waals surface area contributed by atoms with E-state index in [9.17, 15) is 0 Å². The van der Waals surface area contributed by atoms with Gasteiger partial charge in [-0.3, -0.25) is 0 Å². The third-order valence-corrected chi connectivity index (χ3v) is 3.30. The van der Waals surface area contributed by atoms with Crippen LogP contribution in [-0.2, 0) is 6.42 Å². The molecule has 1 N–H and O–H groups in total. The summed E-state index contributed by atoms with van der Waals surface area (Å²) in [4.78, 5) is 4.59. The van der Waals surface area contributed by atoms with E-state index in [1.807, 2.05) is 18.3 Å². The van der Waals surface area contributed by atoms with Crippen molar-refractivity contribution in [2.45, 2.75) is 6.42 Å². The highest BCUT2D eigenvalue weighted by molar-refractivity contribution is 9.10. The molecule has 78 valence electrons. The highest BCUT2D eigenvalue weighted by atomic mass is 79.9. The molecule has 3 heterocycles. The molecule has 0 amide bonds. The Balaban J connectivity index is 1.91. The molecule has 0 bridgehead atoms. The first-order valence-corrected chi connectivity index (χ1v) is 5.94. The summed E-state index contributed by atoms with van der Waals surface area (Å²) in [6, 6.07) is 4.06. The maximum atomic E-state index is 4.59. The summed E-state index contributed by atoms with van der Waals surface area (Å²) in [7, 11) is 0. The van der Waals surface area contributed by atoms with E-state index in [0.29, 0.717) is 0 Å². The molecule has 0 aromatic carbocycles. The van der Waals surface area contributed by atoms with Crippen molar-refractivity contribution in [2.75, 3.05) is 13.1 Å². The number of rotatable bonds is 2. The molecule has 1 aliphatic rings. The number of pyridine rings is 1. The Kier molecular flexibility index (Phi) is 2.25. The molecular weight excluding hydrogens is 254 g/mol. The zero-order valence-electron chi connectivity index (χ0n) is 8.28. The average Bonchev–Trinajstić information content (AvgIpc) is 2.53. The lowest BCUT2D eigenvalue weighted by molar-refractivity contribution is 0.344. The molecule has 0 aliphatic carbocycles. The second-order valence-electron chi connectivity index (χ2n) is 4.07. The molecule has 1 saturated heterocycles. The predicted octanol–water partition coefficient (Wildman–Crippen LogP) is 1.86. The number of halogens is 1. The van der Waals surface area contributed by atoms with Crippen molar-refractivity contribution in [1.29, 1.82) is 0 Å². The van der Waals surface area contributed by atoms with E-state index in [1.54, 1.807) is 0 Å². The van der Waals surface area contributed by atoms with Gasteiger partial charge in [0.1, 0.15) is 5.65 Å². The van der Waals surface area contributed by atoms with E-state index in [2.05, 4.69) is 36.8 Å². The second kappa shape index (κ2) is 3.61. The maximum Gasteiger partial charge on any atom is 0.137 e. The van der Waals surface area contributed by atoms with Crippen LogP contribution in [0, 0.1) is 5.92 Å². The van der Waals surface area contributed by atoms with Crippen LogP contribution in [0.5, 0.6) is 0 Å². The zero-order valence-corrected chi connectivity index (χ0v) is 9.87. The van der Waals surface area contributed by atoms with Crippen molar-refractivity contribution in [3.63, 3.8) is 0 Å². The highest BCUT2D eigenvalue weighted by Gasteiger charge is 2.18. The molecular formula is C11H12BrN3. The molecule has 1 aliphatic heterocycles. The molecule has 0 atom stereocenters. The molecule has 0 spiro atoms. The molecule has 3 rings (SSSR count). The predicted molar refractivity (Wildman–Crippen MR) is 63.0 cm³/mol. The van der Waals surface area contributed by atoms with Crippen LogP contribution in [0.4, 0.5) is 0 Å². The van der Waals surface area contributed by atoms with Crippen LogP contribution in [0.15, 0.2) is 29.0 Å². The monoisotopic (exact) mass is 265 g/mol. The molecule has 0 unspecified atom stereocenters. The first-order valence-electron chi connectivity index (χ1n) is 5.15. The zero-order chi connectivity index (χ0) is 10.3. The standard InChI is InChI=1S/C11H12BrN3/c12-9-1-2-11-14-10(7-15(11)6-9)3-8-4-13-5-8/h1-2,6-8,13H,3-5H2. The molecule has 2 aromatic rings. The van der Waals surface area contributed by atoms with Crippen LogP contribution in [0.25, 0.3) is 5.65 Å². The van der Waals surface area contributed by atoms with Gasteiger partial charge < -0.3 is 9.72 Å². The van der Waals surface area contributed by atoms with Crippen molar-refractivity contribution >= 4 is 21.6 Å². The quantitative estimate of drug-likeness (QED) is 0.899. The number of hydrogen-bond donors (Lipinski definition) is 1. The average molecular weight is 266 g/mol. The van der Waals surface area contributed by atoms with Gasteiger partial charge in [-0.1, -0.05) is 0 Å². The lowest BCUT2D eigenvalue weighted by atomic mass is 9.98. The maximum absolute atomic E-state index is 4.59. The van der Waals surface area contributed by atoms with Gasteiger partial charge in [-0.25, -0.2) is 4.98 Å². The Labute approximate surface area is 96.6 Å². The van der Waals surface area contributed by atoms with Crippen molar-refractivity contribution in [3.05, 3.63) is 34.7 Å². The summed E-state index contributed by atoms with van der Waals surface area (Å²) < 4.78 is 3.16. The highest BCUT2D eigenvalue weighted by Crippen LogP contribution is 2.15. The Hall–Kier alpha value is -0.870. The SMILES string of the molecule is Brc1ccc2nc(CC3CNC3)cn2c1. The fourth-order valence-corrected chi connectivity index (χ4v) is 2.26. The van der Waals surface area contributed by atoms with E-state index in [-0.39, 0.29) is 0 Å². The number of hydrogen-bond acceptors (Lipinski definition) is 2. The summed E-state index contributed by atoms with van der Waals surface area (Å²) in [6.45, 7) is 2.27. The van der Waals surface area contributed by atoms with E-state index in [4.69, 9.17) is 0 Å². The minimum absolute atomic E-state index is 0.776. The summed E-state index contributed by atoms with van der Waals surface area (Å²) in [5.74, 6) is 0.776. The smallest absolute Gasteiger partial charge is 0.137 e. The second-order valence-corrected chi connectivity index (χ2v) is 4.99. The van der Waals surface area contributed by atoms with Gasteiger partial charge in [-0.05, 0) is 53.5 Å². The van der Waals surface area contributed by atoms with Crippen molar-refractivity contribution in [1.82, 2.24) is 14.7 Å². The minimum atomic E-state index is 0.776. The molecule has 1 fully saturated rings. The fourth-order valence-electron chi connectivity index (χ4n) is 1.90. The first kappa shape index (κ1) is 9.36. The summed E-state index contributed by atoms with van der Waals surface area (Å²) in [5, 5.41) is 3.28. The lowest BCUT2D eigenvalue weighted by Crippen LogP contribution is -2.43. The van der Waals surface area contributed by atoms with Gasteiger partial charge in [-0.15, -0.1) is 0 Å². The third kappa shape index (κ3) is 1.79. The van der Waals surface area contributed by atoms with E-state index >= 15 is 0 Å². The lowest BCUT2D eigenvalue weighted by Gasteiger charge is -2.25. The molecule has 0 radical (unpaired) electrons. The van der Waals surface area contributed by atoms with Gasteiger partial charge >= 0.3 is 0 Å². The minimum Gasteiger partial charge on any atom is -0.316 e. The number of aromatic nitrogens is 2. The largest absolute Gasteiger partial charge is 0.316 e. The summed E-state index contributed by atoms with van der Waals surface area (Å²) in [5.41, 5.74) is 2.22. The molecule has 15 heavy (non-hydrogen) atoms. The van der Waals surface area contributed by atoms with Crippen molar-refractivity contribution in [2.24, 2.45) is 5.92 Å². The molecule has 0 saturated carbocycles. The van der Waals surface area contributed by atoms with E-state index < -0.39 is 0 Å². The fraction of sp³-hybridized carbons (Fsp3) is 0.364. The Morgan fingerprint density at radius 1 is 1.40 bits per heavy atom. The van der Waals surface area contributed by atoms with Gasteiger partial charge in [0.05, 0.1) is 5.69 Å². The van der Waals surface area contributed by atoms with Crippen LogP contribution in [-0.4, -0.2) is 22.5 Å². The van der Waals surface area contributed by atoms with Gasteiger partial charge in [-0.2, -0.15) is 0 Å². The van der Waals surface area contributed by atoms with Crippen molar-refractivity contribution in [3.8, 4) is 0 Å². The Morgan fingerprint density at radius 2 is 2.27 bits per heavy atom. The van der Waals surface area contributed by atoms with Crippen molar-refractivity contribution < 1.29 is 0 Å². The third-order valence-electron chi connectivity index (χ3n) is 2.83. The van der Waals surface area contributed by atoms with E-state index in [0.717, 1.165) is 35.5 Å². The number of nitrogens with one attached hydrogen (secondary N) is 1. The van der Waals surface area contributed by atoms with Gasteiger partial charge in [0, 0.05) is 16.9 Å². The van der Waals surface area contributed by atoms with Gasteiger partial charge in [0.25, 0.3) is 0 Å².